The third kappa shape index (κ3) is 3.46. The first-order valence-electron chi connectivity index (χ1n) is 7.59. The lowest BCUT2D eigenvalue weighted by atomic mass is 10.1. The summed E-state index contributed by atoms with van der Waals surface area (Å²) in [6.45, 7) is 1.84. The van der Waals surface area contributed by atoms with Crippen LogP contribution in [0.5, 0.6) is 5.75 Å². The van der Waals surface area contributed by atoms with E-state index in [1.54, 1.807) is 31.2 Å². The lowest BCUT2D eigenvalue weighted by Crippen LogP contribution is -2.14. The smallest absolute Gasteiger partial charge is 0.344 e. The van der Waals surface area contributed by atoms with Crippen molar-refractivity contribution in [1.29, 1.82) is 0 Å². The number of benzene rings is 2. The van der Waals surface area contributed by atoms with Gasteiger partial charge >= 0.3 is 11.6 Å². The van der Waals surface area contributed by atoms with Gasteiger partial charge in [0.05, 0.1) is 12.2 Å². The molecule has 2 aromatic carbocycles. The molecule has 0 spiro atoms. The molecule has 0 unspecified atom stereocenters. The molecule has 0 aliphatic heterocycles. The second kappa shape index (κ2) is 7.00. The summed E-state index contributed by atoms with van der Waals surface area (Å²) in [6.07, 6.45) is 0. The molecular weight excluding hydrogens is 308 g/mol. The lowest BCUT2D eigenvalue weighted by molar-refractivity contribution is -0.145. The maximum Gasteiger partial charge on any atom is 0.344 e. The molecule has 1 aromatic heterocycles. The minimum atomic E-state index is -0.446. The van der Waals surface area contributed by atoms with Crippen LogP contribution in [0.3, 0.4) is 0 Å². The van der Waals surface area contributed by atoms with E-state index in [1.807, 2.05) is 30.3 Å². The third-order valence-corrected chi connectivity index (χ3v) is 3.45. The van der Waals surface area contributed by atoms with Crippen molar-refractivity contribution < 1.29 is 18.7 Å². The molecule has 0 amide bonds. The van der Waals surface area contributed by atoms with Gasteiger partial charge in [-0.1, -0.05) is 30.3 Å². The van der Waals surface area contributed by atoms with E-state index in [2.05, 4.69) is 0 Å². The van der Waals surface area contributed by atoms with Crippen LogP contribution in [-0.4, -0.2) is 19.2 Å². The summed E-state index contributed by atoms with van der Waals surface area (Å²) >= 11 is 0. The van der Waals surface area contributed by atoms with E-state index in [9.17, 15) is 9.59 Å². The fourth-order valence-electron chi connectivity index (χ4n) is 2.35. The molecule has 0 radical (unpaired) electrons. The van der Waals surface area contributed by atoms with Crippen molar-refractivity contribution in [2.75, 3.05) is 13.2 Å². The van der Waals surface area contributed by atoms with Crippen LogP contribution in [-0.2, 0) is 9.53 Å². The highest BCUT2D eigenvalue weighted by atomic mass is 16.6. The van der Waals surface area contributed by atoms with Crippen molar-refractivity contribution in [3.63, 3.8) is 0 Å². The van der Waals surface area contributed by atoms with E-state index in [0.717, 1.165) is 10.9 Å². The lowest BCUT2D eigenvalue weighted by Gasteiger charge is -2.07. The van der Waals surface area contributed by atoms with Gasteiger partial charge in [0.1, 0.15) is 11.3 Å². The second-order valence-electron chi connectivity index (χ2n) is 5.11. The normalized spacial score (nSPS) is 10.5. The Morgan fingerprint density at radius 1 is 1.08 bits per heavy atom. The van der Waals surface area contributed by atoms with Crippen molar-refractivity contribution in [1.82, 2.24) is 0 Å². The molecule has 3 rings (SSSR count). The summed E-state index contributed by atoms with van der Waals surface area (Å²) in [5, 5.41) is 0.775. The molecule has 0 saturated carbocycles. The van der Waals surface area contributed by atoms with Crippen LogP contribution in [0.1, 0.15) is 6.92 Å². The zero-order valence-electron chi connectivity index (χ0n) is 13.2. The number of esters is 1. The van der Waals surface area contributed by atoms with Gasteiger partial charge in [0.2, 0.25) is 0 Å². The first kappa shape index (κ1) is 15.8. The van der Waals surface area contributed by atoms with Crippen LogP contribution in [0.15, 0.2) is 63.8 Å². The molecule has 122 valence electrons. The molecular formula is C19H16O5. The zero-order valence-corrected chi connectivity index (χ0v) is 13.2. The highest BCUT2D eigenvalue weighted by Gasteiger charge is 2.09. The Hall–Kier alpha value is -3.08. The summed E-state index contributed by atoms with van der Waals surface area (Å²) in [7, 11) is 0. The van der Waals surface area contributed by atoms with Gasteiger partial charge < -0.3 is 13.9 Å². The third-order valence-electron chi connectivity index (χ3n) is 3.45. The highest BCUT2D eigenvalue weighted by molar-refractivity contribution is 5.82. The van der Waals surface area contributed by atoms with Gasteiger partial charge in [-0.05, 0) is 30.7 Å². The molecule has 5 heteroatoms. The van der Waals surface area contributed by atoms with Crippen LogP contribution in [0.2, 0.25) is 0 Å². The number of hydrogen-bond acceptors (Lipinski definition) is 5. The topological polar surface area (TPSA) is 65.7 Å². The number of carbonyl (C=O) groups is 1. The largest absolute Gasteiger partial charge is 0.482 e. The Morgan fingerprint density at radius 2 is 1.88 bits per heavy atom. The Balaban J connectivity index is 1.89. The quantitative estimate of drug-likeness (QED) is 0.531. The van der Waals surface area contributed by atoms with Gasteiger partial charge in [-0.2, -0.15) is 0 Å². The van der Waals surface area contributed by atoms with Gasteiger partial charge in [-0.3, -0.25) is 0 Å². The van der Waals surface area contributed by atoms with E-state index < -0.39 is 11.6 Å². The molecule has 0 aliphatic rings. The van der Waals surface area contributed by atoms with E-state index >= 15 is 0 Å². The Bertz CT molecular complexity index is 912. The second-order valence-corrected chi connectivity index (χ2v) is 5.11. The zero-order chi connectivity index (χ0) is 16.9. The van der Waals surface area contributed by atoms with Crippen LogP contribution < -0.4 is 10.4 Å². The van der Waals surface area contributed by atoms with Gasteiger partial charge in [-0.25, -0.2) is 9.59 Å². The van der Waals surface area contributed by atoms with E-state index in [-0.39, 0.29) is 6.61 Å². The number of hydrogen-bond donors (Lipinski definition) is 0. The molecule has 3 aromatic rings. The standard InChI is InChI=1S/C19H16O5/c1-2-22-18(20)12-23-15-9-8-14-10-16(13-6-4-3-5-7-13)19(21)24-17(14)11-15/h3-11H,2,12H2,1H3. The Morgan fingerprint density at radius 3 is 2.62 bits per heavy atom. The van der Waals surface area contributed by atoms with Crippen molar-refractivity contribution >= 4 is 16.9 Å². The molecule has 1 heterocycles. The monoisotopic (exact) mass is 324 g/mol. The minimum Gasteiger partial charge on any atom is -0.482 e. The number of ether oxygens (including phenoxy) is 2. The summed E-state index contributed by atoms with van der Waals surface area (Å²) in [5.74, 6) is -0.00959. The average Bonchev–Trinajstić information content (AvgIpc) is 2.60. The van der Waals surface area contributed by atoms with Crippen molar-refractivity contribution in [2.24, 2.45) is 0 Å². The van der Waals surface area contributed by atoms with E-state index in [4.69, 9.17) is 13.9 Å². The molecule has 24 heavy (non-hydrogen) atoms. The molecule has 5 nitrogen and oxygen atoms in total. The molecule has 0 aliphatic carbocycles. The molecule has 0 fully saturated rings. The van der Waals surface area contributed by atoms with Crippen molar-refractivity contribution in [2.45, 2.75) is 6.92 Å². The fourth-order valence-corrected chi connectivity index (χ4v) is 2.35. The first-order chi connectivity index (χ1) is 11.7. The number of carbonyl (C=O) groups excluding carboxylic acids is 1. The molecule has 0 saturated heterocycles. The Kier molecular flexibility index (Phi) is 4.61. The van der Waals surface area contributed by atoms with E-state index in [1.165, 1.54) is 0 Å². The van der Waals surface area contributed by atoms with Gasteiger partial charge in [0.25, 0.3) is 0 Å². The maximum absolute atomic E-state index is 12.2. The molecule has 0 atom stereocenters. The van der Waals surface area contributed by atoms with Crippen molar-refractivity contribution in [3.05, 3.63) is 65.0 Å². The highest BCUT2D eigenvalue weighted by Crippen LogP contribution is 2.24. The van der Waals surface area contributed by atoms with Crippen LogP contribution in [0.25, 0.3) is 22.1 Å². The summed E-state index contributed by atoms with van der Waals surface area (Å²) in [5.41, 5.74) is 1.29. The number of fused-ring (bicyclic) bond motifs is 1. The average molecular weight is 324 g/mol. The predicted molar refractivity (Wildman–Crippen MR) is 90.0 cm³/mol. The van der Waals surface area contributed by atoms with Gasteiger partial charge in [0.15, 0.2) is 6.61 Å². The first-order valence-corrected chi connectivity index (χ1v) is 7.59. The molecule has 0 N–H and O–H groups in total. The molecule has 0 bridgehead atoms. The summed E-state index contributed by atoms with van der Waals surface area (Å²) in [6, 6.07) is 16.2. The van der Waals surface area contributed by atoms with Crippen LogP contribution >= 0.6 is 0 Å². The predicted octanol–water partition coefficient (Wildman–Crippen LogP) is 3.40. The minimum absolute atomic E-state index is 0.189. The van der Waals surface area contributed by atoms with Crippen LogP contribution in [0, 0.1) is 0 Å². The summed E-state index contributed by atoms with van der Waals surface area (Å²) in [4.78, 5) is 23.5. The van der Waals surface area contributed by atoms with E-state index in [0.29, 0.717) is 23.5 Å². The Labute approximate surface area is 138 Å². The SMILES string of the molecule is CCOC(=O)COc1ccc2cc(-c3ccccc3)c(=O)oc2c1. The van der Waals surface area contributed by atoms with Gasteiger partial charge in [-0.15, -0.1) is 0 Å². The maximum atomic E-state index is 12.2. The van der Waals surface area contributed by atoms with Crippen molar-refractivity contribution in [3.8, 4) is 16.9 Å². The fraction of sp³-hybridized carbons (Fsp3) is 0.158. The number of rotatable bonds is 5. The van der Waals surface area contributed by atoms with Crippen LogP contribution in [0.4, 0.5) is 0 Å². The summed E-state index contributed by atoms with van der Waals surface area (Å²) < 4.78 is 15.5. The van der Waals surface area contributed by atoms with Gasteiger partial charge in [0, 0.05) is 11.5 Å².